The topological polar surface area (TPSA) is 92.5 Å². The molecule has 4 rings (SSSR count). The smallest absolute Gasteiger partial charge is 0.293 e. The molecule has 3 amide bonds. The van der Waals surface area contributed by atoms with Gasteiger partial charge in [0.05, 0.1) is 9.93 Å². The van der Waals surface area contributed by atoms with E-state index in [2.05, 4.69) is 10.3 Å². The lowest BCUT2D eigenvalue weighted by molar-refractivity contribution is -0.122. The van der Waals surface area contributed by atoms with Gasteiger partial charge in [-0.2, -0.15) is 0 Å². The fraction of sp³-hybridized carbons (Fsp3) is 0.143. The maximum atomic E-state index is 12.5. The summed E-state index contributed by atoms with van der Waals surface area (Å²) in [6, 6.07) is 8.84. The first-order valence-electron chi connectivity index (χ1n) is 9.07. The highest BCUT2D eigenvalue weighted by Crippen LogP contribution is 2.32. The Bertz CT molecular complexity index is 1190. The van der Waals surface area contributed by atoms with Crippen molar-refractivity contribution < 1.29 is 18.8 Å². The van der Waals surface area contributed by atoms with Gasteiger partial charge in [0.1, 0.15) is 0 Å². The number of thioether (sulfide) groups is 1. The molecule has 152 valence electrons. The Hall–Kier alpha value is -3.10. The standard InChI is InChI=1S/C21H16ClN3O4S/c1-12-14-5-2-6-15(22)18(14)29-17(12)19(26)24-8-9-25-20(27)16(30-21(25)28)10-13-4-3-7-23-11-13/h2-7,10-11H,8-9H2,1H3,(H,24,26). The minimum atomic E-state index is -0.433. The third kappa shape index (κ3) is 3.83. The third-order valence-electron chi connectivity index (χ3n) is 4.60. The summed E-state index contributed by atoms with van der Waals surface area (Å²) in [5.74, 6) is -0.670. The van der Waals surface area contributed by atoms with Crippen molar-refractivity contribution in [2.75, 3.05) is 13.1 Å². The number of rotatable bonds is 5. The number of amides is 3. The Balaban J connectivity index is 1.41. The van der Waals surface area contributed by atoms with E-state index >= 15 is 0 Å². The van der Waals surface area contributed by atoms with Crippen molar-refractivity contribution in [2.45, 2.75) is 6.92 Å². The van der Waals surface area contributed by atoms with E-state index in [1.807, 2.05) is 6.07 Å². The largest absolute Gasteiger partial charge is 0.449 e. The van der Waals surface area contributed by atoms with Gasteiger partial charge >= 0.3 is 0 Å². The van der Waals surface area contributed by atoms with Crippen LogP contribution in [-0.2, 0) is 4.79 Å². The van der Waals surface area contributed by atoms with E-state index in [0.717, 1.165) is 27.6 Å². The summed E-state index contributed by atoms with van der Waals surface area (Å²) in [6.07, 6.45) is 4.86. The normalized spacial score (nSPS) is 15.4. The minimum Gasteiger partial charge on any atom is -0.449 e. The number of pyridine rings is 1. The van der Waals surface area contributed by atoms with Crippen LogP contribution in [-0.4, -0.2) is 40.0 Å². The summed E-state index contributed by atoms with van der Waals surface area (Å²) in [4.78, 5) is 42.7. The lowest BCUT2D eigenvalue weighted by Gasteiger charge is -2.12. The number of carbonyl (C=O) groups is 3. The zero-order valence-corrected chi connectivity index (χ0v) is 17.4. The summed E-state index contributed by atoms with van der Waals surface area (Å²) >= 11 is 6.99. The number of para-hydroxylation sites is 1. The van der Waals surface area contributed by atoms with Gasteiger partial charge in [-0.1, -0.05) is 29.8 Å². The number of benzene rings is 1. The van der Waals surface area contributed by atoms with Crippen molar-refractivity contribution in [1.82, 2.24) is 15.2 Å². The van der Waals surface area contributed by atoms with Crippen LogP contribution in [0.5, 0.6) is 0 Å². The van der Waals surface area contributed by atoms with Gasteiger partial charge < -0.3 is 9.73 Å². The molecule has 1 aliphatic heterocycles. The highest BCUT2D eigenvalue weighted by Gasteiger charge is 2.34. The lowest BCUT2D eigenvalue weighted by Crippen LogP contribution is -2.37. The molecule has 9 heteroatoms. The second-order valence-electron chi connectivity index (χ2n) is 6.55. The van der Waals surface area contributed by atoms with Crippen LogP contribution in [0.4, 0.5) is 4.79 Å². The van der Waals surface area contributed by atoms with Crippen molar-refractivity contribution in [3.8, 4) is 0 Å². The Morgan fingerprint density at radius 1 is 1.30 bits per heavy atom. The molecular weight excluding hydrogens is 426 g/mol. The first-order valence-corrected chi connectivity index (χ1v) is 10.3. The molecule has 0 aliphatic carbocycles. The predicted molar refractivity (Wildman–Crippen MR) is 115 cm³/mol. The molecule has 1 saturated heterocycles. The van der Waals surface area contributed by atoms with Crippen LogP contribution >= 0.6 is 23.4 Å². The van der Waals surface area contributed by atoms with Crippen molar-refractivity contribution in [3.63, 3.8) is 0 Å². The number of nitrogens with one attached hydrogen (secondary N) is 1. The molecule has 1 aliphatic rings. The van der Waals surface area contributed by atoms with Crippen LogP contribution in [0, 0.1) is 6.92 Å². The van der Waals surface area contributed by atoms with E-state index < -0.39 is 11.8 Å². The summed E-state index contributed by atoms with van der Waals surface area (Å²) < 4.78 is 5.63. The number of nitrogens with zero attached hydrogens (tertiary/aromatic N) is 2. The number of halogens is 1. The van der Waals surface area contributed by atoms with E-state index in [0.29, 0.717) is 21.1 Å². The molecule has 0 radical (unpaired) electrons. The lowest BCUT2D eigenvalue weighted by atomic mass is 10.1. The molecule has 0 saturated carbocycles. The Morgan fingerprint density at radius 3 is 2.87 bits per heavy atom. The number of carbonyl (C=O) groups excluding carboxylic acids is 3. The van der Waals surface area contributed by atoms with Gasteiger partial charge in [-0.15, -0.1) is 0 Å². The van der Waals surface area contributed by atoms with E-state index in [1.54, 1.807) is 49.7 Å². The number of aryl methyl sites for hydroxylation is 1. The van der Waals surface area contributed by atoms with Crippen LogP contribution < -0.4 is 5.32 Å². The van der Waals surface area contributed by atoms with Crippen molar-refractivity contribution in [3.05, 3.63) is 69.5 Å². The molecule has 1 aromatic carbocycles. The van der Waals surface area contributed by atoms with Crippen LogP contribution in [0.15, 0.2) is 52.0 Å². The van der Waals surface area contributed by atoms with Crippen molar-refractivity contribution in [2.24, 2.45) is 0 Å². The highest BCUT2D eigenvalue weighted by atomic mass is 35.5. The van der Waals surface area contributed by atoms with Crippen LogP contribution in [0.1, 0.15) is 21.7 Å². The summed E-state index contributed by atoms with van der Waals surface area (Å²) in [7, 11) is 0. The summed E-state index contributed by atoms with van der Waals surface area (Å²) in [5.41, 5.74) is 1.86. The van der Waals surface area contributed by atoms with Gasteiger partial charge in [-0.05, 0) is 42.5 Å². The molecule has 0 bridgehead atoms. The molecule has 7 nitrogen and oxygen atoms in total. The van der Waals surface area contributed by atoms with E-state index in [-0.39, 0.29) is 24.1 Å². The number of fused-ring (bicyclic) bond motifs is 1. The van der Waals surface area contributed by atoms with Crippen LogP contribution in [0.25, 0.3) is 17.0 Å². The van der Waals surface area contributed by atoms with Crippen LogP contribution in [0.2, 0.25) is 5.02 Å². The molecule has 3 aromatic rings. The molecule has 3 heterocycles. The van der Waals surface area contributed by atoms with Crippen LogP contribution in [0.3, 0.4) is 0 Å². The number of imide groups is 1. The molecule has 0 spiro atoms. The van der Waals surface area contributed by atoms with Gasteiger partial charge in [-0.3, -0.25) is 24.3 Å². The molecule has 1 N–H and O–H groups in total. The van der Waals surface area contributed by atoms with E-state index in [4.69, 9.17) is 16.0 Å². The Kier molecular flexibility index (Phi) is 5.61. The monoisotopic (exact) mass is 441 g/mol. The number of aromatic nitrogens is 1. The average molecular weight is 442 g/mol. The van der Waals surface area contributed by atoms with E-state index in [9.17, 15) is 14.4 Å². The summed E-state index contributed by atoms with van der Waals surface area (Å²) in [6.45, 7) is 1.93. The molecular formula is C21H16ClN3O4S. The highest BCUT2D eigenvalue weighted by molar-refractivity contribution is 8.18. The zero-order chi connectivity index (χ0) is 21.3. The number of hydrogen-bond acceptors (Lipinski definition) is 6. The zero-order valence-electron chi connectivity index (χ0n) is 15.8. The average Bonchev–Trinajstić information content (AvgIpc) is 3.21. The van der Waals surface area contributed by atoms with Gasteiger partial charge in [-0.25, -0.2) is 0 Å². The molecule has 0 atom stereocenters. The van der Waals surface area contributed by atoms with Gasteiger partial charge in [0.2, 0.25) is 0 Å². The second-order valence-corrected chi connectivity index (χ2v) is 7.95. The van der Waals surface area contributed by atoms with Gasteiger partial charge in [0, 0.05) is 36.4 Å². The SMILES string of the molecule is Cc1c(C(=O)NCCN2C(=O)SC(=Cc3cccnc3)C2=O)oc2c(Cl)cccc12. The molecule has 2 aromatic heterocycles. The molecule has 1 fully saturated rings. The molecule has 0 unspecified atom stereocenters. The van der Waals surface area contributed by atoms with Crippen molar-refractivity contribution >= 4 is 57.5 Å². The second kappa shape index (κ2) is 8.33. The quantitative estimate of drug-likeness (QED) is 0.595. The van der Waals surface area contributed by atoms with Gasteiger partial charge in [0.25, 0.3) is 17.1 Å². The van der Waals surface area contributed by atoms with Gasteiger partial charge in [0.15, 0.2) is 11.3 Å². The Labute approximate surface area is 181 Å². The minimum absolute atomic E-state index is 0.0564. The van der Waals surface area contributed by atoms with Crippen molar-refractivity contribution in [1.29, 1.82) is 0 Å². The fourth-order valence-corrected chi connectivity index (χ4v) is 4.17. The fourth-order valence-electron chi connectivity index (χ4n) is 3.09. The maximum absolute atomic E-state index is 12.5. The first-order chi connectivity index (χ1) is 14.5. The van der Waals surface area contributed by atoms with E-state index in [1.165, 1.54) is 0 Å². The Morgan fingerprint density at radius 2 is 2.13 bits per heavy atom. The summed E-state index contributed by atoms with van der Waals surface area (Å²) in [5, 5.41) is 3.50. The number of furan rings is 1. The third-order valence-corrected chi connectivity index (χ3v) is 5.80. The maximum Gasteiger partial charge on any atom is 0.293 e. The predicted octanol–water partition coefficient (Wildman–Crippen LogP) is 4.26. The first kappa shape index (κ1) is 20.2. The molecule has 30 heavy (non-hydrogen) atoms. The number of hydrogen-bond donors (Lipinski definition) is 1.